The molecule has 4 rings (SSSR count). The van der Waals surface area contributed by atoms with E-state index in [9.17, 15) is 13.6 Å². The largest absolute Gasteiger partial charge is 0.322 e. The number of rotatable bonds is 3. The first-order chi connectivity index (χ1) is 13.0. The maximum atomic E-state index is 13.4. The van der Waals surface area contributed by atoms with Gasteiger partial charge in [-0.2, -0.15) is 0 Å². The highest BCUT2D eigenvalue weighted by atomic mass is 35.5. The van der Waals surface area contributed by atoms with Crippen molar-refractivity contribution in [3.8, 4) is 11.3 Å². The van der Waals surface area contributed by atoms with Gasteiger partial charge >= 0.3 is 0 Å². The molecule has 0 atom stereocenters. The first kappa shape index (κ1) is 17.1. The van der Waals surface area contributed by atoms with E-state index in [0.717, 1.165) is 12.1 Å². The SMILES string of the molecule is O=C(Nc1ccn2cc(-c3ccc(F)c(F)c3)nc2c1)c1cccnc1Cl. The maximum Gasteiger partial charge on any atom is 0.258 e. The number of amides is 1. The van der Waals surface area contributed by atoms with Crippen LogP contribution in [0.3, 0.4) is 0 Å². The Bertz CT molecular complexity index is 1180. The number of carbonyl (C=O) groups is 1. The van der Waals surface area contributed by atoms with E-state index in [4.69, 9.17) is 11.6 Å². The van der Waals surface area contributed by atoms with Gasteiger partial charge in [0.2, 0.25) is 0 Å². The van der Waals surface area contributed by atoms with Crippen LogP contribution in [0, 0.1) is 11.6 Å². The van der Waals surface area contributed by atoms with Crippen LogP contribution in [-0.2, 0) is 0 Å². The summed E-state index contributed by atoms with van der Waals surface area (Å²) in [6.07, 6.45) is 4.88. The van der Waals surface area contributed by atoms with Crippen LogP contribution in [0.25, 0.3) is 16.9 Å². The zero-order chi connectivity index (χ0) is 19.0. The van der Waals surface area contributed by atoms with Gasteiger partial charge in [-0.25, -0.2) is 18.7 Å². The van der Waals surface area contributed by atoms with Crippen LogP contribution >= 0.6 is 11.6 Å². The average Bonchev–Trinajstić information content (AvgIpc) is 3.07. The van der Waals surface area contributed by atoms with E-state index in [2.05, 4.69) is 15.3 Å². The number of aromatic nitrogens is 3. The Morgan fingerprint density at radius 2 is 1.96 bits per heavy atom. The minimum atomic E-state index is -0.939. The lowest BCUT2D eigenvalue weighted by molar-refractivity contribution is 0.102. The van der Waals surface area contributed by atoms with Crippen molar-refractivity contribution < 1.29 is 13.6 Å². The Hall–Kier alpha value is -3.32. The number of carbonyl (C=O) groups excluding carboxylic acids is 1. The fourth-order valence-electron chi connectivity index (χ4n) is 2.61. The fraction of sp³-hybridized carbons (Fsp3) is 0. The molecule has 0 unspecified atom stereocenters. The van der Waals surface area contributed by atoms with Gasteiger partial charge in [-0.05, 0) is 36.4 Å². The van der Waals surface area contributed by atoms with Gasteiger partial charge in [0.05, 0.1) is 11.3 Å². The van der Waals surface area contributed by atoms with Crippen molar-refractivity contribution in [2.24, 2.45) is 0 Å². The predicted octanol–water partition coefficient (Wildman–Crippen LogP) is 4.58. The molecule has 0 saturated carbocycles. The molecule has 0 aliphatic heterocycles. The minimum absolute atomic E-state index is 0.109. The summed E-state index contributed by atoms with van der Waals surface area (Å²) < 4.78 is 28.3. The summed E-state index contributed by atoms with van der Waals surface area (Å²) in [6, 6.07) is 10.1. The molecule has 4 aromatic rings. The highest BCUT2D eigenvalue weighted by molar-refractivity contribution is 6.33. The van der Waals surface area contributed by atoms with Crippen molar-refractivity contribution in [2.75, 3.05) is 5.32 Å². The molecule has 1 aromatic carbocycles. The third-order valence-corrected chi connectivity index (χ3v) is 4.24. The molecule has 1 N–H and O–H groups in total. The summed E-state index contributed by atoms with van der Waals surface area (Å²) in [4.78, 5) is 20.6. The van der Waals surface area contributed by atoms with Gasteiger partial charge in [-0.1, -0.05) is 11.6 Å². The molecule has 27 heavy (non-hydrogen) atoms. The highest BCUT2D eigenvalue weighted by Gasteiger charge is 2.12. The van der Waals surface area contributed by atoms with Gasteiger partial charge < -0.3 is 9.72 Å². The van der Waals surface area contributed by atoms with E-state index in [1.807, 2.05) is 0 Å². The van der Waals surface area contributed by atoms with E-state index in [-0.39, 0.29) is 10.7 Å². The van der Waals surface area contributed by atoms with Crippen LogP contribution in [-0.4, -0.2) is 20.3 Å². The van der Waals surface area contributed by atoms with Gasteiger partial charge in [0.15, 0.2) is 11.6 Å². The van der Waals surface area contributed by atoms with E-state index < -0.39 is 17.5 Å². The number of imidazole rings is 1. The molecule has 0 saturated heterocycles. The molecule has 0 fully saturated rings. The standard InChI is InChI=1S/C19H11ClF2N4O/c20-18-13(2-1-6-23-18)19(27)24-12-5-7-26-10-16(25-17(26)9-12)11-3-4-14(21)15(22)8-11/h1-10H,(H,24,27). The van der Waals surface area contributed by atoms with E-state index >= 15 is 0 Å². The number of nitrogens with zero attached hydrogens (tertiary/aromatic N) is 3. The van der Waals surface area contributed by atoms with Crippen molar-refractivity contribution in [1.29, 1.82) is 0 Å². The second kappa shape index (κ2) is 6.77. The second-order valence-corrected chi connectivity index (χ2v) is 6.09. The number of halogens is 3. The van der Waals surface area contributed by atoms with Crippen molar-refractivity contribution in [2.45, 2.75) is 0 Å². The molecule has 3 heterocycles. The van der Waals surface area contributed by atoms with Crippen LogP contribution in [0.2, 0.25) is 5.15 Å². The average molecular weight is 385 g/mol. The van der Waals surface area contributed by atoms with Crippen LogP contribution in [0.15, 0.2) is 61.1 Å². The molecule has 1 amide bonds. The third-order valence-electron chi connectivity index (χ3n) is 3.94. The van der Waals surface area contributed by atoms with E-state index in [0.29, 0.717) is 22.6 Å². The Kier molecular flexibility index (Phi) is 4.29. The number of hydrogen-bond donors (Lipinski definition) is 1. The molecule has 134 valence electrons. The molecular weight excluding hydrogens is 374 g/mol. The number of nitrogens with one attached hydrogen (secondary N) is 1. The number of pyridine rings is 2. The van der Waals surface area contributed by atoms with Crippen LogP contribution in [0.5, 0.6) is 0 Å². The summed E-state index contributed by atoms with van der Waals surface area (Å²) in [5.74, 6) is -2.25. The molecule has 3 aromatic heterocycles. The molecule has 5 nitrogen and oxygen atoms in total. The summed E-state index contributed by atoms with van der Waals surface area (Å²) in [5, 5.41) is 2.84. The van der Waals surface area contributed by atoms with Gasteiger partial charge in [-0.15, -0.1) is 0 Å². The van der Waals surface area contributed by atoms with Crippen molar-refractivity contribution >= 4 is 28.8 Å². The predicted molar refractivity (Wildman–Crippen MR) is 97.7 cm³/mol. The number of benzene rings is 1. The van der Waals surface area contributed by atoms with Crippen molar-refractivity contribution in [3.05, 3.63) is 83.4 Å². The van der Waals surface area contributed by atoms with Gasteiger partial charge in [0, 0.05) is 35.9 Å². The first-order valence-electron chi connectivity index (χ1n) is 7.87. The van der Waals surface area contributed by atoms with Crippen molar-refractivity contribution in [3.63, 3.8) is 0 Å². The molecule has 0 radical (unpaired) electrons. The Morgan fingerprint density at radius 3 is 2.74 bits per heavy atom. The van der Waals surface area contributed by atoms with E-state index in [1.165, 1.54) is 12.3 Å². The summed E-state index contributed by atoms with van der Waals surface area (Å²) in [6.45, 7) is 0. The summed E-state index contributed by atoms with van der Waals surface area (Å²) in [5.41, 5.74) is 2.22. The lowest BCUT2D eigenvalue weighted by Crippen LogP contribution is -2.13. The maximum absolute atomic E-state index is 13.4. The summed E-state index contributed by atoms with van der Waals surface area (Å²) in [7, 11) is 0. The Morgan fingerprint density at radius 1 is 1.11 bits per heavy atom. The zero-order valence-corrected chi connectivity index (χ0v) is 14.4. The molecule has 8 heteroatoms. The monoisotopic (exact) mass is 384 g/mol. The van der Waals surface area contributed by atoms with Gasteiger partial charge in [0.1, 0.15) is 10.8 Å². The smallest absolute Gasteiger partial charge is 0.258 e. The molecule has 0 aliphatic rings. The minimum Gasteiger partial charge on any atom is -0.322 e. The van der Waals surface area contributed by atoms with Gasteiger partial charge in [0.25, 0.3) is 5.91 Å². The Balaban J connectivity index is 1.64. The summed E-state index contributed by atoms with van der Waals surface area (Å²) >= 11 is 5.93. The van der Waals surface area contributed by atoms with E-state index in [1.54, 1.807) is 41.1 Å². The number of anilines is 1. The van der Waals surface area contributed by atoms with Crippen LogP contribution < -0.4 is 5.32 Å². The van der Waals surface area contributed by atoms with Crippen LogP contribution in [0.4, 0.5) is 14.5 Å². The zero-order valence-electron chi connectivity index (χ0n) is 13.7. The molecular formula is C19H11ClF2N4O. The molecule has 0 aliphatic carbocycles. The quantitative estimate of drug-likeness (QED) is 0.526. The number of fused-ring (bicyclic) bond motifs is 1. The first-order valence-corrected chi connectivity index (χ1v) is 8.25. The second-order valence-electron chi connectivity index (χ2n) is 5.73. The third kappa shape index (κ3) is 3.37. The number of hydrogen-bond acceptors (Lipinski definition) is 3. The lowest BCUT2D eigenvalue weighted by Gasteiger charge is -2.06. The normalized spacial score (nSPS) is 10.9. The topological polar surface area (TPSA) is 59.3 Å². The Labute approximate surface area is 157 Å². The fourth-order valence-corrected chi connectivity index (χ4v) is 2.81. The lowest BCUT2D eigenvalue weighted by atomic mass is 10.1. The van der Waals surface area contributed by atoms with Gasteiger partial charge in [-0.3, -0.25) is 4.79 Å². The van der Waals surface area contributed by atoms with Crippen molar-refractivity contribution in [1.82, 2.24) is 14.4 Å². The van der Waals surface area contributed by atoms with Crippen LogP contribution in [0.1, 0.15) is 10.4 Å². The molecule has 0 spiro atoms. The molecule has 0 bridgehead atoms. The highest BCUT2D eigenvalue weighted by Crippen LogP contribution is 2.23.